The van der Waals surface area contributed by atoms with Gasteiger partial charge in [0.1, 0.15) is 0 Å². The minimum absolute atomic E-state index is 0.00551. The lowest BCUT2D eigenvalue weighted by molar-refractivity contribution is 0.0991. The van der Waals surface area contributed by atoms with Crippen LogP contribution in [-0.2, 0) is 6.42 Å². The first-order valence-electron chi connectivity index (χ1n) is 6.05. The maximum atomic E-state index is 12.2. The normalized spacial score (nSPS) is 12.4. The van der Waals surface area contributed by atoms with Crippen LogP contribution in [0.5, 0.6) is 11.5 Å². The van der Waals surface area contributed by atoms with Gasteiger partial charge in [-0.1, -0.05) is 11.8 Å². The number of aromatic nitrogens is 2. The van der Waals surface area contributed by atoms with Crippen LogP contribution in [0.1, 0.15) is 16.1 Å². The molecule has 0 unspecified atom stereocenters. The number of fused-ring (bicyclic) bond motifs is 1. The molecule has 6 heteroatoms. The second kappa shape index (κ2) is 5.50. The maximum absolute atomic E-state index is 12.2. The summed E-state index contributed by atoms with van der Waals surface area (Å²) in [6.45, 7) is 0.204. The van der Waals surface area contributed by atoms with Crippen molar-refractivity contribution in [2.45, 2.75) is 11.6 Å². The van der Waals surface area contributed by atoms with E-state index in [-0.39, 0.29) is 19.0 Å². The highest BCUT2D eigenvalue weighted by atomic mass is 32.2. The van der Waals surface area contributed by atoms with Crippen molar-refractivity contribution in [2.75, 3.05) is 13.0 Å². The fourth-order valence-corrected chi connectivity index (χ4v) is 2.28. The van der Waals surface area contributed by atoms with Crippen LogP contribution in [0.25, 0.3) is 0 Å². The zero-order chi connectivity index (χ0) is 13.9. The molecule has 0 atom stereocenters. The number of ether oxygens (including phenoxy) is 2. The van der Waals surface area contributed by atoms with Gasteiger partial charge in [-0.25, -0.2) is 9.97 Å². The Hall–Kier alpha value is -2.08. The Kier molecular flexibility index (Phi) is 3.56. The largest absolute Gasteiger partial charge is 0.454 e. The Morgan fingerprint density at radius 1 is 1.30 bits per heavy atom. The Morgan fingerprint density at radius 3 is 3.00 bits per heavy atom. The summed E-state index contributed by atoms with van der Waals surface area (Å²) >= 11 is 1.45. The molecule has 3 rings (SSSR count). The lowest BCUT2D eigenvalue weighted by atomic mass is 10.1. The molecule has 2 aromatic rings. The zero-order valence-electron chi connectivity index (χ0n) is 10.8. The maximum Gasteiger partial charge on any atom is 0.231 e. The third-order valence-corrected chi connectivity index (χ3v) is 3.47. The summed E-state index contributed by atoms with van der Waals surface area (Å²) < 4.78 is 10.5. The van der Waals surface area contributed by atoms with Crippen LogP contribution in [0, 0.1) is 0 Å². The van der Waals surface area contributed by atoms with Gasteiger partial charge >= 0.3 is 0 Å². The molecular weight excluding hydrogens is 276 g/mol. The predicted octanol–water partition coefficient (Wildman–Crippen LogP) is 2.35. The second-order valence-corrected chi connectivity index (χ2v) is 4.98. The van der Waals surface area contributed by atoms with Gasteiger partial charge in [0.2, 0.25) is 6.79 Å². The molecule has 0 fully saturated rings. The number of carbonyl (C=O) groups excluding carboxylic acids is 1. The van der Waals surface area contributed by atoms with Gasteiger partial charge in [0, 0.05) is 11.8 Å². The molecule has 0 aliphatic carbocycles. The molecule has 1 aromatic heterocycles. The second-order valence-electron chi connectivity index (χ2n) is 4.20. The van der Waals surface area contributed by atoms with E-state index in [0.717, 1.165) is 0 Å². The smallest absolute Gasteiger partial charge is 0.231 e. The Balaban J connectivity index is 1.79. The monoisotopic (exact) mass is 288 g/mol. The summed E-state index contributed by atoms with van der Waals surface area (Å²) in [5.74, 6) is 1.28. The van der Waals surface area contributed by atoms with Crippen molar-refractivity contribution in [1.82, 2.24) is 9.97 Å². The van der Waals surface area contributed by atoms with Gasteiger partial charge in [-0.05, 0) is 30.5 Å². The van der Waals surface area contributed by atoms with Gasteiger partial charge in [-0.15, -0.1) is 0 Å². The molecular formula is C14H12N2O3S. The third-order valence-electron chi connectivity index (χ3n) is 2.91. The van der Waals surface area contributed by atoms with Crippen LogP contribution in [0.3, 0.4) is 0 Å². The molecule has 102 valence electrons. The molecule has 0 N–H and O–H groups in total. The van der Waals surface area contributed by atoms with Crippen LogP contribution in [0.2, 0.25) is 0 Å². The van der Waals surface area contributed by atoms with E-state index >= 15 is 0 Å². The summed E-state index contributed by atoms with van der Waals surface area (Å²) in [5, 5.41) is 0.668. The van der Waals surface area contributed by atoms with Crippen LogP contribution in [0.15, 0.2) is 35.6 Å². The van der Waals surface area contributed by atoms with E-state index in [1.165, 1.54) is 11.8 Å². The van der Waals surface area contributed by atoms with Gasteiger partial charge in [0.05, 0.1) is 12.1 Å². The number of benzene rings is 1. The fourth-order valence-electron chi connectivity index (χ4n) is 1.91. The van der Waals surface area contributed by atoms with E-state index in [9.17, 15) is 4.79 Å². The molecule has 20 heavy (non-hydrogen) atoms. The van der Waals surface area contributed by atoms with Gasteiger partial charge in [0.15, 0.2) is 22.4 Å². The number of nitrogens with zero attached hydrogens (tertiary/aromatic N) is 2. The van der Waals surface area contributed by atoms with Gasteiger partial charge in [-0.3, -0.25) is 4.79 Å². The number of hydrogen-bond donors (Lipinski definition) is 0. The summed E-state index contributed by atoms with van der Waals surface area (Å²) in [4.78, 5) is 20.6. The molecule has 1 aliphatic heterocycles. The van der Waals surface area contributed by atoms with Crippen LogP contribution in [0.4, 0.5) is 0 Å². The highest BCUT2D eigenvalue weighted by Crippen LogP contribution is 2.32. The fraction of sp³-hybridized carbons (Fsp3) is 0.214. The lowest BCUT2D eigenvalue weighted by Gasteiger charge is -2.03. The van der Waals surface area contributed by atoms with E-state index in [2.05, 4.69) is 9.97 Å². The van der Waals surface area contributed by atoms with E-state index in [1.54, 1.807) is 30.5 Å². The first kappa shape index (κ1) is 12.9. The number of carbonyl (C=O) groups is 1. The highest BCUT2D eigenvalue weighted by molar-refractivity contribution is 7.98. The average Bonchev–Trinajstić information content (AvgIpc) is 2.94. The minimum Gasteiger partial charge on any atom is -0.454 e. The molecule has 0 bridgehead atoms. The molecule has 0 amide bonds. The van der Waals surface area contributed by atoms with E-state index in [1.807, 2.05) is 6.26 Å². The number of rotatable bonds is 4. The van der Waals surface area contributed by atoms with Crippen molar-refractivity contribution >= 4 is 17.5 Å². The van der Waals surface area contributed by atoms with Crippen molar-refractivity contribution in [3.8, 4) is 11.5 Å². The molecule has 0 radical (unpaired) electrons. The first-order valence-corrected chi connectivity index (χ1v) is 7.27. The van der Waals surface area contributed by atoms with Gasteiger partial charge in [-0.2, -0.15) is 0 Å². The molecule has 0 spiro atoms. The molecule has 2 heterocycles. The molecule has 1 aromatic carbocycles. The number of thioether (sulfide) groups is 1. The Bertz CT molecular complexity index is 661. The van der Waals surface area contributed by atoms with E-state index < -0.39 is 0 Å². The van der Waals surface area contributed by atoms with Crippen molar-refractivity contribution in [3.05, 3.63) is 41.7 Å². The average molecular weight is 288 g/mol. The standard InChI is InChI=1S/C14H12N2O3S/c1-20-14-15-5-4-10(16-14)7-11(17)9-2-3-12-13(6-9)19-8-18-12/h2-6H,7-8H2,1H3. The van der Waals surface area contributed by atoms with Crippen molar-refractivity contribution in [1.29, 1.82) is 0 Å². The Labute approximate surface area is 120 Å². The summed E-state index contributed by atoms with van der Waals surface area (Å²) in [6.07, 6.45) is 3.82. The predicted molar refractivity (Wildman–Crippen MR) is 74.4 cm³/mol. The Morgan fingerprint density at radius 2 is 2.15 bits per heavy atom. The summed E-state index contributed by atoms with van der Waals surface area (Å²) in [7, 11) is 0. The summed E-state index contributed by atoms with van der Waals surface area (Å²) in [6, 6.07) is 6.96. The highest BCUT2D eigenvalue weighted by Gasteiger charge is 2.16. The topological polar surface area (TPSA) is 61.3 Å². The van der Waals surface area contributed by atoms with E-state index in [0.29, 0.717) is 27.9 Å². The van der Waals surface area contributed by atoms with E-state index in [4.69, 9.17) is 9.47 Å². The molecule has 0 saturated heterocycles. The number of ketones is 1. The van der Waals surface area contributed by atoms with Crippen LogP contribution in [-0.4, -0.2) is 28.8 Å². The third kappa shape index (κ3) is 2.60. The zero-order valence-corrected chi connectivity index (χ0v) is 11.6. The first-order chi connectivity index (χ1) is 9.76. The quantitative estimate of drug-likeness (QED) is 0.489. The summed E-state index contributed by atoms with van der Waals surface area (Å²) in [5.41, 5.74) is 1.31. The SMILES string of the molecule is CSc1nccc(CC(=O)c2ccc3c(c2)OCO3)n1. The van der Waals surface area contributed by atoms with Crippen LogP contribution >= 0.6 is 11.8 Å². The molecule has 5 nitrogen and oxygen atoms in total. The van der Waals surface area contributed by atoms with Crippen molar-refractivity contribution in [3.63, 3.8) is 0 Å². The minimum atomic E-state index is -0.00551. The van der Waals surface area contributed by atoms with Crippen molar-refractivity contribution in [2.24, 2.45) is 0 Å². The van der Waals surface area contributed by atoms with Crippen LogP contribution < -0.4 is 9.47 Å². The van der Waals surface area contributed by atoms with Gasteiger partial charge in [0.25, 0.3) is 0 Å². The molecule has 1 aliphatic rings. The lowest BCUT2D eigenvalue weighted by Crippen LogP contribution is -2.06. The molecule has 0 saturated carbocycles. The number of Topliss-reactive ketones (excluding diaryl/α,β-unsaturated/α-hetero) is 1. The van der Waals surface area contributed by atoms with Crippen molar-refractivity contribution < 1.29 is 14.3 Å². The van der Waals surface area contributed by atoms with Gasteiger partial charge < -0.3 is 9.47 Å². The number of hydrogen-bond acceptors (Lipinski definition) is 6.